The molecule has 3 rings (SSSR count). The summed E-state index contributed by atoms with van der Waals surface area (Å²) in [6, 6.07) is 10.6. The van der Waals surface area contributed by atoms with Crippen molar-refractivity contribution in [2.75, 3.05) is 26.7 Å². The summed E-state index contributed by atoms with van der Waals surface area (Å²) in [4.78, 5) is 28.5. The lowest BCUT2D eigenvalue weighted by Crippen LogP contribution is -2.54. The number of benzene rings is 1. The first-order valence-corrected chi connectivity index (χ1v) is 10.3. The van der Waals surface area contributed by atoms with Crippen molar-refractivity contribution in [1.29, 1.82) is 0 Å². The van der Waals surface area contributed by atoms with Gasteiger partial charge in [0.15, 0.2) is 0 Å². The fourth-order valence-corrected chi connectivity index (χ4v) is 4.83. The number of rotatable bonds is 6. The summed E-state index contributed by atoms with van der Waals surface area (Å²) in [5, 5.41) is 3.24. The summed E-state index contributed by atoms with van der Waals surface area (Å²) in [6.45, 7) is 7.77. The average molecular weight is 387 g/mol. The number of hydrogen-bond donors (Lipinski definition) is 2. The van der Waals surface area contributed by atoms with Gasteiger partial charge in [-0.1, -0.05) is 37.3 Å². The maximum Gasteiger partial charge on any atom is 0.318 e. The second-order valence-corrected chi connectivity index (χ2v) is 9.23. The van der Waals surface area contributed by atoms with Gasteiger partial charge in [0.2, 0.25) is 5.91 Å². The third-order valence-corrected chi connectivity index (χ3v) is 6.96. The average Bonchev–Trinajstić information content (AvgIpc) is 2.97. The van der Waals surface area contributed by atoms with Crippen molar-refractivity contribution in [2.45, 2.75) is 57.5 Å². The molecule has 3 N–H and O–H groups in total. The summed E-state index contributed by atoms with van der Waals surface area (Å²) >= 11 is 0. The van der Waals surface area contributed by atoms with Gasteiger partial charge in [-0.3, -0.25) is 9.69 Å². The minimum Gasteiger partial charge on any atom is -0.369 e. The smallest absolute Gasteiger partial charge is 0.318 e. The van der Waals surface area contributed by atoms with Crippen LogP contribution in [0.1, 0.15) is 52.0 Å². The number of primary amides is 1. The molecule has 0 aromatic heterocycles. The van der Waals surface area contributed by atoms with E-state index in [1.54, 1.807) is 18.7 Å². The van der Waals surface area contributed by atoms with E-state index < -0.39 is 5.41 Å². The van der Waals surface area contributed by atoms with Crippen LogP contribution in [0.3, 0.4) is 0 Å². The maximum absolute atomic E-state index is 12.6. The first-order chi connectivity index (χ1) is 13.1. The standard InChI is InChI=1S/C22H34N4O2/c1-5-25(4)22(17-9-7-6-8-10-17)13-11-21(12-14-22)16-26(19(28)24-21)15-20(2,3)18(23)27/h6-10H,5,11-16H2,1-4H3,(H2,23,27)(H,24,28)/t21-,22+. The molecule has 0 atom stereocenters. The molecule has 1 aliphatic heterocycles. The number of hydrogen-bond acceptors (Lipinski definition) is 3. The molecular formula is C22H34N4O2. The molecule has 28 heavy (non-hydrogen) atoms. The van der Waals surface area contributed by atoms with E-state index in [-0.39, 0.29) is 23.0 Å². The van der Waals surface area contributed by atoms with Gasteiger partial charge in [-0.25, -0.2) is 4.79 Å². The lowest BCUT2D eigenvalue weighted by atomic mass is 9.68. The number of amides is 3. The predicted octanol–water partition coefficient (Wildman–Crippen LogP) is 2.68. The molecule has 154 valence electrons. The van der Waals surface area contributed by atoms with Crippen LogP contribution in [-0.4, -0.2) is 54.0 Å². The first kappa shape index (κ1) is 20.6. The lowest BCUT2D eigenvalue weighted by molar-refractivity contribution is -0.126. The van der Waals surface area contributed by atoms with Crippen LogP contribution in [0.25, 0.3) is 0 Å². The Hall–Kier alpha value is -2.08. The van der Waals surface area contributed by atoms with Crippen molar-refractivity contribution in [3.8, 4) is 0 Å². The van der Waals surface area contributed by atoms with Gasteiger partial charge in [-0.15, -0.1) is 0 Å². The molecular weight excluding hydrogens is 352 g/mol. The number of nitrogens with zero attached hydrogens (tertiary/aromatic N) is 2. The van der Waals surface area contributed by atoms with Crippen LogP contribution in [0.5, 0.6) is 0 Å². The van der Waals surface area contributed by atoms with E-state index in [4.69, 9.17) is 5.73 Å². The Bertz CT molecular complexity index is 723. The summed E-state index contributed by atoms with van der Waals surface area (Å²) in [5.41, 5.74) is 5.93. The Morgan fingerprint density at radius 3 is 2.36 bits per heavy atom. The van der Waals surface area contributed by atoms with Crippen molar-refractivity contribution >= 4 is 11.9 Å². The zero-order valence-electron chi connectivity index (χ0n) is 17.6. The summed E-state index contributed by atoms with van der Waals surface area (Å²) in [7, 11) is 2.19. The highest BCUT2D eigenvalue weighted by Crippen LogP contribution is 2.46. The quantitative estimate of drug-likeness (QED) is 0.789. The van der Waals surface area contributed by atoms with Crippen LogP contribution in [-0.2, 0) is 10.3 Å². The van der Waals surface area contributed by atoms with Crippen molar-refractivity contribution < 1.29 is 9.59 Å². The van der Waals surface area contributed by atoms with Crippen molar-refractivity contribution in [3.63, 3.8) is 0 Å². The zero-order chi connectivity index (χ0) is 20.6. The van der Waals surface area contributed by atoms with Gasteiger partial charge in [-0.2, -0.15) is 0 Å². The van der Waals surface area contributed by atoms with E-state index in [0.29, 0.717) is 13.1 Å². The topological polar surface area (TPSA) is 78.7 Å². The van der Waals surface area contributed by atoms with E-state index >= 15 is 0 Å². The second-order valence-electron chi connectivity index (χ2n) is 9.23. The molecule has 6 nitrogen and oxygen atoms in total. The van der Waals surface area contributed by atoms with E-state index in [1.807, 2.05) is 0 Å². The number of carbonyl (C=O) groups excluding carboxylic acids is 2. The molecule has 2 aliphatic rings. The van der Waals surface area contributed by atoms with Gasteiger partial charge in [0.1, 0.15) is 0 Å². The van der Waals surface area contributed by atoms with Crippen molar-refractivity contribution in [2.24, 2.45) is 11.1 Å². The van der Waals surface area contributed by atoms with Crippen molar-refractivity contribution in [3.05, 3.63) is 35.9 Å². The highest BCUT2D eigenvalue weighted by molar-refractivity contribution is 5.82. The molecule has 1 aliphatic carbocycles. The van der Waals surface area contributed by atoms with Crippen molar-refractivity contribution in [1.82, 2.24) is 15.1 Å². The Morgan fingerprint density at radius 1 is 1.21 bits per heavy atom. The highest BCUT2D eigenvalue weighted by Gasteiger charge is 2.51. The molecule has 1 saturated carbocycles. The largest absolute Gasteiger partial charge is 0.369 e. The maximum atomic E-state index is 12.6. The Labute approximate surface area is 168 Å². The molecule has 1 aromatic rings. The predicted molar refractivity (Wildman–Crippen MR) is 111 cm³/mol. The Kier molecular flexibility index (Phi) is 5.45. The molecule has 1 aromatic carbocycles. The van der Waals surface area contributed by atoms with Crippen LogP contribution in [0.15, 0.2) is 30.3 Å². The zero-order valence-corrected chi connectivity index (χ0v) is 17.6. The van der Waals surface area contributed by atoms with E-state index in [0.717, 1.165) is 32.2 Å². The molecule has 1 heterocycles. The highest BCUT2D eigenvalue weighted by atomic mass is 16.2. The fraction of sp³-hybridized carbons (Fsp3) is 0.636. The van der Waals surface area contributed by atoms with Crippen LogP contribution in [0.2, 0.25) is 0 Å². The molecule has 6 heteroatoms. The van der Waals surface area contributed by atoms with E-state index in [9.17, 15) is 9.59 Å². The van der Waals surface area contributed by atoms with Crippen LogP contribution >= 0.6 is 0 Å². The third-order valence-electron chi connectivity index (χ3n) is 6.96. The monoisotopic (exact) mass is 386 g/mol. The van der Waals surface area contributed by atoms with Gasteiger partial charge in [0, 0.05) is 18.6 Å². The van der Waals surface area contributed by atoms with Gasteiger partial charge in [0.25, 0.3) is 0 Å². The lowest BCUT2D eigenvalue weighted by Gasteiger charge is -2.49. The van der Waals surface area contributed by atoms with Gasteiger partial charge in [0.05, 0.1) is 11.0 Å². The van der Waals surface area contributed by atoms with E-state index in [2.05, 4.69) is 54.5 Å². The number of urea groups is 1. The number of nitrogens with one attached hydrogen (secondary N) is 1. The molecule has 1 spiro atoms. The Balaban J connectivity index is 1.76. The summed E-state index contributed by atoms with van der Waals surface area (Å²) in [5.74, 6) is -0.377. The molecule has 0 radical (unpaired) electrons. The normalized spacial score (nSPS) is 28.0. The van der Waals surface area contributed by atoms with E-state index in [1.165, 1.54) is 5.56 Å². The molecule has 2 fully saturated rings. The van der Waals surface area contributed by atoms with Gasteiger partial charge in [-0.05, 0) is 58.7 Å². The fourth-order valence-electron chi connectivity index (χ4n) is 4.83. The number of carbonyl (C=O) groups is 2. The molecule has 3 amide bonds. The summed E-state index contributed by atoms with van der Waals surface area (Å²) in [6.07, 6.45) is 3.83. The molecule has 1 saturated heterocycles. The minimum absolute atomic E-state index is 0.00586. The van der Waals surface area contributed by atoms with Crippen LogP contribution in [0.4, 0.5) is 4.79 Å². The van der Waals surface area contributed by atoms with Gasteiger partial charge >= 0.3 is 6.03 Å². The minimum atomic E-state index is -0.728. The molecule has 0 unspecified atom stereocenters. The number of nitrogens with two attached hydrogens (primary N) is 1. The second kappa shape index (κ2) is 7.39. The first-order valence-electron chi connectivity index (χ1n) is 10.3. The SMILES string of the molecule is CCN(C)[C@]1(c2ccccc2)CC[C@]2(CC1)CN(CC(C)(C)C(N)=O)C(=O)N2. The van der Waals surface area contributed by atoms with Gasteiger partial charge < -0.3 is 16.0 Å². The summed E-state index contributed by atoms with van der Waals surface area (Å²) < 4.78 is 0. The van der Waals surface area contributed by atoms with Crippen LogP contribution < -0.4 is 11.1 Å². The van der Waals surface area contributed by atoms with Crippen LogP contribution in [0, 0.1) is 5.41 Å². The third kappa shape index (κ3) is 3.62. The Morgan fingerprint density at radius 2 is 1.82 bits per heavy atom. The molecule has 0 bridgehead atoms.